The molecular formula is C13H20N2O4S. The van der Waals surface area contributed by atoms with E-state index in [1.807, 2.05) is 0 Å². The molecule has 1 rings (SSSR count). The highest BCUT2D eigenvalue weighted by atomic mass is 32.2. The molecule has 7 heteroatoms. The molecule has 1 amide bonds. The van der Waals surface area contributed by atoms with Crippen molar-refractivity contribution in [2.24, 2.45) is 0 Å². The second kappa shape index (κ2) is 8.55. The molecule has 0 radical (unpaired) electrons. The molecular weight excluding hydrogens is 280 g/mol. The lowest BCUT2D eigenvalue weighted by molar-refractivity contribution is -0.113. The number of amides is 1. The van der Waals surface area contributed by atoms with Gasteiger partial charge in [0.2, 0.25) is 5.91 Å². The van der Waals surface area contributed by atoms with Crippen molar-refractivity contribution in [1.29, 1.82) is 0 Å². The highest BCUT2D eigenvalue weighted by Crippen LogP contribution is 2.23. The van der Waals surface area contributed by atoms with E-state index in [1.165, 1.54) is 7.11 Å². The molecule has 1 aromatic carbocycles. The van der Waals surface area contributed by atoms with Gasteiger partial charge in [0.15, 0.2) is 0 Å². The summed E-state index contributed by atoms with van der Waals surface area (Å²) in [6.07, 6.45) is 0.668. The molecule has 0 spiro atoms. The van der Waals surface area contributed by atoms with Crippen LogP contribution >= 0.6 is 0 Å². The number of hydrogen-bond acceptors (Lipinski definition) is 5. The van der Waals surface area contributed by atoms with Crippen molar-refractivity contribution in [2.45, 2.75) is 6.42 Å². The van der Waals surface area contributed by atoms with Crippen molar-refractivity contribution in [3.05, 3.63) is 18.2 Å². The molecule has 0 heterocycles. The van der Waals surface area contributed by atoms with Gasteiger partial charge in [-0.3, -0.25) is 9.00 Å². The van der Waals surface area contributed by atoms with Crippen LogP contribution in [0.2, 0.25) is 0 Å². The zero-order chi connectivity index (χ0) is 15.0. The van der Waals surface area contributed by atoms with Gasteiger partial charge in [-0.1, -0.05) is 0 Å². The van der Waals surface area contributed by atoms with Gasteiger partial charge in [-0.2, -0.15) is 0 Å². The largest absolute Gasteiger partial charge is 0.497 e. The summed E-state index contributed by atoms with van der Waals surface area (Å²) in [5, 5.41) is 2.64. The lowest BCUT2D eigenvalue weighted by Gasteiger charge is -2.09. The third-order valence-corrected chi connectivity index (χ3v) is 3.87. The molecule has 6 nitrogen and oxygen atoms in total. The van der Waals surface area contributed by atoms with Crippen molar-refractivity contribution in [1.82, 2.24) is 0 Å². The molecule has 0 saturated heterocycles. The molecule has 0 aliphatic heterocycles. The van der Waals surface area contributed by atoms with E-state index in [9.17, 15) is 9.00 Å². The molecule has 0 saturated carbocycles. The molecule has 20 heavy (non-hydrogen) atoms. The summed E-state index contributed by atoms with van der Waals surface area (Å²) >= 11 is 0. The number of anilines is 2. The Kier molecular flexibility index (Phi) is 7.03. The van der Waals surface area contributed by atoms with Crippen LogP contribution in [0.1, 0.15) is 6.42 Å². The lowest BCUT2D eigenvalue weighted by Crippen LogP contribution is -2.21. The number of nitrogens with one attached hydrogen (secondary N) is 1. The Balaban J connectivity index is 2.48. The second-order valence-corrected chi connectivity index (χ2v) is 5.71. The van der Waals surface area contributed by atoms with Crippen molar-refractivity contribution in [3.63, 3.8) is 0 Å². The molecule has 0 fully saturated rings. The van der Waals surface area contributed by atoms with E-state index in [2.05, 4.69) is 5.32 Å². The minimum absolute atomic E-state index is 0.0464. The normalized spacial score (nSPS) is 11.9. The molecule has 0 aliphatic carbocycles. The van der Waals surface area contributed by atoms with Gasteiger partial charge < -0.3 is 20.5 Å². The molecule has 0 aliphatic rings. The molecule has 0 aromatic heterocycles. The molecule has 0 bridgehead atoms. The molecule has 3 N–H and O–H groups in total. The van der Waals surface area contributed by atoms with Gasteiger partial charge in [-0.25, -0.2) is 0 Å². The Morgan fingerprint density at radius 2 is 2.15 bits per heavy atom. The van der Waals surface area contributed by atoms with Crippen molar-refractivity contribution >= 4 is 28.1 Å². The van der Waals surface area contributed by atoms with Gasteiger partial charge in [0.1, 0.15) is 11.5 Å². The van der Waals surface area contributed by atoms with Crippen molar-refractivity contribution in [3.8, 4) is 5.75 Å². The fourth-order valence-electron chi connectivity index (χ4n) is 1.55. The minimum Gasteiger partial charge on any atom is -0.497 e. The third kappa shape index (κ3) is 5.58. The smallest absolute Gasteiger partial charge is 0.237 e. The number of carbonyl (C=O) groups is 1. The Bertz CT molecular complexity index is 479. The maximum absolute atomic E-state index is 11.7. The monoisotopic (exact) mass is 300 g/mol. The molecule has 112 valence electrons. The molecule has 1 unspecified atom stereocenters. The summed E-state index contributed by atoms with van der Waals surface area (Å²) in [5.74, 6) is 0.690. The number of nitrogen functional groups attached to an aromatic ring is 1. The Labute approximate surface area is 121 Å². The fraction of sp³-hybridized carbons (Fsp3) is 0.462. The topological polar surface area (TPSA) is 90.7 Å². The van der Waals surface area contributed by atoms with E-state index in [1.54, 1.807) is 25.3 Å². The van der Waals surface area contributed by atoms with E-state index in [0.29, 0.717) is 35.9 Å². The van der Waals surface area contributed by atoms with Gasteiger partial charge in [0.05, 0.1) is 18.5 Å². The zero-order valence-electron chi connectivity index (χ0n) is 11.7. The van der Waals surface area contributed by atoms with Crippen LogP contribution in [-0.4, -0.2) is 42.4 Å². The molecule has 1 aromatic rings. The van der Waals surface area contributed by atoms with E-state index in [-0.39, 0.29) is 11.7 Å². The maximum Gasteiger partial charge on any atom is 0.237 e. The standard InChI is InChI=1S/C13H20N2O4S/c1-18-6-3-7-20(17)9-13(16)15-12-5-4-10(19-2)8-11(12)14/h4-5,8H,3,6-7,9,14H2,1-2H3,(H,15,16). The van der Waals surface area contributed by atoms with Gasteiger partial charge in [-0.15, -0.1) is 0 Å². The van der Waals surface area contributed by atoms with Crippen LogP contribution in [0.25, 0.3) is 0 Å². The van der Waals surface area contributed by atoms with Crippen LogP contribution in [0.3, 0.4) is 0 Å². The number of methoxy groups -OCH3 is 2. The Morgan fingerprint density at radius 3 is 2.75 bits per heavy atom. The summed E-state index contributed by atoms with van der Waals surface area (Å²) in [4.78, 5) is 11.7. The third-order valence-electron chi connectivity index (χ3n) is 2.55. The summed E-state index contributed by atoms with van der Waals surface area (Å²) in [6.45, 7) is 0.540. The van der Waals surface area contributed by atoms with Gasteiger partial charge in [0, 0.05) is 36.3 Å². The van der Waals surface area contributed by atoms with Gasteiger partial charge >= 0.3 is 0 Å². The van der Waals surface area contributed by atoms with Crippen LogP contribution < -0.4 is 15.8 Å². The number of nitrogens with two attached hydrogens (primary N) is 1. The first-order chi connectivity index (χ1) is 9.56. The first-order valence-corrected chi connectivity index (χ1v) is 7.63. The number of rotatable bonds is 8. The van der Waals surface area contributed by atoms with Crippen molar-refractivity contribution < 1.29 is 18.5 Å². The highest BCUT2D eigenvalue weighted by Gasteiger charge is 2.10. The minimum atomic E-state index is -1.20. The van der Waals surface area contributed by atoms with Crippen LogP contribution in [-0.2, 0) is 20.3 Å². The first kappa shape index (κ1) is 16.5. The van der Waals surface area contributed by atoms with E-state index >= 15 is 0 Å². The van der Waals surface area contributed by atoms with Crippen molar-refractivity contribution in [2.75, 3.05) is 43.4 Å². The zero-order valence-corrected chi connectivity index (χ0v) is 12.5. The lowest BCUT2D eigenvalue weighted by atomic mass is 10.2. The number of benzene rings is 1. The predicted molar refractivity (Wildman–Crippen MR) is 80.4 cm³/mol. The number of hydrogen-bond donors (Lipinski definition) is 2. The number of carbonyl (C=O) groups excluding carboxylic acids is 1. The summed E-state index contributed by atoms with van der Waals surface area (Å²) in [7, 11) is 1.93. The quantitative estimate of drug-likeness (QED) is 0.552. The molecule has 1 atom stereocenters. The van der Waals surface area contributed by atoms with Crippen LogP contribution in [0.15, 0.2) is 18.2 Å². The maximum atomic E-state index is 11.7. The van der Waals surface area contributed by atoms with E-state index in [0.717, 1.165) is 0 Å². The summed E-state index contributed by atoms with van der Waals surface area (Å²) in [6, 6.07) is 4.96. The van der Waals surface area contributed by atoms with Crippen LogP contribution in [0, 0.1) is 0 Å². The van der Waals surface area contributed by atoms with Crippen LogP contribution in [0.4, 0.5) is 11.4 Å². The average molecular weight is 300 g/mol. The second-order valence-electron chi connectivity index (χ2n) is 4.14. The van der Waals surface area contributed by atoms with E-state index in [4.69, 9.17) is 15.2 Å². The SMILES string of the molecule is COCCCS(=O)CC(=O)Nc1ccc(OC)cc1N. The number of ether oxygens (including phenoxy) is 2. The first-order valence-electron chi connectivity index (χ1n) is 6.14. The van der Waals surface area contributed by atoms with Crippen LogP contribution in [0.5, 0.6) is 5.75 Å². The van der Waals surface area contributed by atoms with Gasteiger partial charge in [0.25, 0.3) is 0 Å². The van der Waals surface area contributed by atoms with Gasteiger partial charge in [-0.05, 0) is 18.6 Å². The summed E-state index contributed by atoms with van der Waals surface area (Å²) < 4.78 is 21.5. The Morgan fingerprint density at radius 1 is 1.40 bits per heavy atom. The average Bonchev–Trinajstić information content (AvgIpc) is 2.41. The Hall–Kier alpha value is -1.60. The highest BCUT2D eigenvalue weighted by molar-refractivity contribution is 7.85. The van der Waals surface area contributed by atoms with E-state index < -0.39 is 10.8 Å². The summed E-state index contributed by atoms with van der Waals surface area (Å²) in [5.41, 5.74) is 6.68. The fourth-order valence-corrected chi connectivity index (χ4v) is 2.50. The predicted octanol–water partition coefficient (Wildman–Crippen LogP) is 1.00.